The first-order valence-corrected chi connectivity index (χ1v) is 6.62. The Balaban J connectivity index is 2.17. The van der Waals surface area contributed by atoms with Crippen molar-refractivity contribution in [3.63, 3.8) is 0 Å². The number of para-hydroxylation sites is 1. The van der Waals surface area contributed by atoms with Crippen LogP contribution in [0.3, 0.4) is 0 Å². The number of benzene rings is 2. The van der Waals surface area contributed by atoms with Crippen molar-refractivity contribution in [3.8, 4) is 5.75 Å². The Labute approximate surface area is 128 Å². The highest BCUT2D eigenvalue weighted by molar-refractivity contribution is 5.34. The van der Waals surface area contributed by atoms with Crippen molar-refractivity contribution in [2.45, 2.75) is 18.8 Å². The summed E-state index contributed by atoms with van der Waals surface area (Å²) < 4.78 is 81.6. The highest BCUT2D eigenvalue weighted by atomic mass is 19.4. The van der Waals surface area contributed by atoms with Gasteiger partial charge in [0.2, 0.25) is 0 Å². The molecule has 0 unspecified atom stereocenters. The molecule has 0 saturated carbocycles. The van der Waals surface area contributed by atoms with E-state index in [9.17, 15) is 26.3 Å². The van der Waals surface area contributed by atoms with Crippen LogP contribution in [0.15, 0.2) is 48.5 Å². The van der Waals surface area contributed by atoms with Crippen LogP contribution in [0.4, 0.5) is 26.3 Å². The van der Waals surface area contributed by atoms with E-state index < -0.39 is 23.5 Å². The average Bonchev–Trinajstić information content (AvgIpc) is 2.46. The average molecular weight is 334 g/mol. The monoisotopic (exact) mass is 334 g/mol. The van der Waals surface area contributed by atoms with Gasteiger partial charge in [-0.3, -0.25) is 0 Å². The van der Waals surface area contributed by atoms with Crippen molar-refractivity contribution < 1.29 is 31.1 Å². The Morgan fingerprint density at radius 1 is 0.739 bits per heavy atom. The van der Waals surface area contributed by atoms with E-state index in [-0.39, 0.29) is 24.7 Å². The van der Waals surface area contributed by atoms with E-state index in [1.54, 1.807) is 30.3 Å². The first kappa shape index (κ1) is 17.2. The topological polar surface area (TPSA) is 9.23 Å². The van der Waals surface area contributed by atoms with Gasteiger partial charge in [0, 0.05) is 6.42 Å². The summed E-state index contributed by atoms with van der Waals surface area (Å²) in [4.78, 5) is 0. The molecule has 0 fully saturated rings. The SMILES string of the molecule is FC(F)(F)c1cc(CCOc2ccccc2)cc(C(F)(F)F)c1. The minimum Gasteiger partial charge on any atom is -0.493 e. The van der Waals surface area contributed by atoms with Gasteiger partial charge in [0.25, 0.3) is 0 Å². The molecule has 0 radical (unpaired) electrons. The van der Waals surface area contributed by atoms with Crippen LogP contribution < -0.4 is 4.74 Å². The fraction of sp³-hybridized carbons (Fsp3) is 0.250. The van der Waals surface area contributed by atoms with Gasteiger partial charge in [0.1, 0.15) is 5.75 Å². The smallest absolute Gasteiger partial charge is 0.416 e. The number of hydrogen-bond acceptors (Lipinski definition) is 1. The lowest BCUT2D eigenvalue weighted by Gasteiger charge is -2.14. The molecule has 0 aliphatic heterocycles. The molecule has 2 aromatic rings. The molecular weight excluding hydrogens is 322 g/mol. The summed E-state index contributed by atoms with van der Waals surface area (Å²) in [6.45, 7) is -0.0252. The van der Waals surface area contributed by atoms with Crippen molar-refractivity contribution in [1.82, 2.24) is 0 Å². The van der Waals surface area contributed by atoms with Gasteiger partial charge in [-0.25, -0.2) is 0 Å². The number of ether oxygens (including phenoxy) is 1. The lowest BCUT2D eigenvalue weighted by Crippen LogP contribution is -2.12. The molecule has 0 aliphatic rings. The van der Waals surface area contributed by atoms with Crippen LogP contribution in [0, 0.1) is 0 Å². The van der Waals surface area contributed by atoms with Gasteiger partial charge >= 0.3 is 12.4 Å². The van der Waals surface area contributed by atoms with Gasteiger partial charge in [-0.1, -0.05) is 18.2 Å². The summed E-state index contributed by atoms with van der Waals surface area (Å²) in [6, 6.07) is 10.0. The molecule has 0 aliphatic carbocycles. The van der Waals surface area contributed by atoms with Crippen molar-refractivity contribution in [2.75, 3.05) is 6.61 Å². The molecule has 2 rings (SSSR count). The molecule has 0 heterocycles. The molecular formula is C16H12F6O. The highest BCUT2D eigenvalue weighted by Gasteiger charge is 2.36. The molecule has 0 atom stereocenters. The second-order valence-corrected chi connectivity index (χ2v) is 4.83. The quantitative estimate of drug-likeness (QED) is 0.685. The molecule has 7 heteroatoms. The Bertz CT molecular complexity index is 614. The van der Waals surface area contributed by atoms with Crippen LogP contribution in [-0.4, -0.2) is 6.61 Å². The third-order valence-electron chi connectivity index (χ3n) is 3.05. The number of hydrogen-bond donors (Lipinski definition) is 0. The fourth-order valence-corrected chi connectivity index (χ4v) is 1.97. The fourth-order valence-electron chi connectivity index (χ4n) is 1.97. The van der Waals surface area contributed by atoms with Crippen molar-refractivity contribution in [1.29, 1.82) is 0 Å². The van der Waals surface area contributed by atoms with E-state index in [1.165, 1.54) is 0 Å². The van der Waals surface area contributed by atoms with Crippen molar-refractivity contribution >= 4 is 0 Å². The van der Waals surface area contributed by atoms with Gasteiger partial charge in [-0.05, 0) is 35.9 Å². The molecule has 0 amide bonds. The molecule has 0 saturated heterocycles. The Hall–Kier alpha value is -2.18. The van der Waals surface area contributed by atoms with Gasteiger partial charge < -0.3 is 4.74 Å². The standard InChI is InChI=1S/C16H12F6O/c17-15(18,19)12-8-11(9-13(10-12)16(20,21)22)6-7-23-14-4-2-1-3-5-14/h1-5,8-10H,6-7H2. The first-order valence-electron chi connectivity index (χ1n) is 6.62. The number of alkyl halides is 6. The molecule has 0 aromatic heterocycles. The summed E-state index contributed by atoms with van der Waals surface area (Å²) in [5, 5.41) is 0. The van der Waals surface area contributed by atoms with E-state index in [0.717, 1.165) is 0 Å². The molecule has 0 bridgehead atoms. The Morgan fingerprint density at radius 3 is 1.74 bits per heavy atom. The van der Waals surface area contributed by atoms with Crippen LogP contribution in [0.2, 0.25) is 0 Å². The summed E-state index contributed by atoms with van der Waals surface area (Å²) in [5.74, 6) is 0.496. The lowest BCUT2D eigenvalue weighted by molar-refractivity contribution is -0.143. The maximum Gasteiger partial charge on any atom is 0.416 e. The maximum atomic E-state index is 12.7. The molecule has 124 valence electrons. The highest BCUT2D eigenvalue weighted by Crippen LogP contribution is 2.36. The van der Waals surface area contributed by atoms with Crippen LogP contribution in [0.25, 0.3) is 0 Å². The normalized spacial score (nSPS) is 12.3. The van der Waals surface area contributed by atoms with Crippen molar-refractivity contribution in [3.05, 3.63) is 65.2 Å². The molecule has 1 nitrogen and oxygen atoms in total. The van der Waals surface area contributed by atoms with E-state index in [4.69, 9.17) is 4.74 Å². The van der Waals surface area contributed by atoms with Gasteiger partial charge in [0.15, 0.2) is 0 Å². The van der Waals surface area contributed by atoms with Crippen LogP contribution >= 0.6 is 0 Å². The van der Waals surface area contributed by atoms with Crippen LogP contribution in [0.1, 0.15) is 16.7 Å². The zero-order chi connectivity index (χ0) is 17.1. The maximum absolute atomic E-state index is 12.7. The third kappa shape index (κ3) is 4.91. The second kappa shape index (κ2) is 6.52. The molecule has 2 aromatic carbocycles. The Kier molecular flexibility index (Phi) is 4.87. The molecule has 0 spiro atoms. The summed E-state index contributed by atoms with van der Waals surface area (Å²) in [5.41, 5.74) is -2.72. The van der Waals surface area contributed by atoms with Gasteiger partial charge in [-0.15, -0.1) is 0 Å². The predicted molar refractivity (Wildman–Crippen MR) is 72.1 cm³/mol. The van der Waals surface area contributed by atoms with E-state index >= 15 is 0 Å². The number of rotatable bonds is 4. The molecule has 0 N–H and O–H groups in total. The predicted octanol–water partition coefficient (Wildman–Crippen LogP) is 5.35. The van der Waals surface area contributed by atoms with E-state index in [2.05, 4.69) is 0 Å². The van der Waals surface area contributed by atoms with Gasteiger partial charge in [0.05, 0.1) is 17.7 Å². The van der Waals surface area contributed by atoms with E-state index in [0.29, 0.717) is 17.9 Å². The summed E-state index contributed by atoms with van der Waals surface area (Å²) in [6.07, 6.45) is -9.74. The first-order chi connectivity index (χ1) is 10.7. The lowest BCUT2D eigenvalue weighted by atomic mass is 10.0. The minimum absolute atomic E-state index is 0.0252. The number of halogens is 6. The second-order valence-electron chi connectivity index (χ2n) is 4.83. The van der Waals surface area contributed by atoms with Crippen molar-refractivity contribution in [2.24, 2.45) is 0 Å². The summed E-state index contributed by atoms with van der Waals surface area (Å²) >= 11 is 0. The van der Waals surface area contributed by atoms with Crippen LogP contribution in [0.5, 0.6) is 5.75 Å². The summed E-state index contributed by atoms with van der Waals surface area (Å²) in [7, 11) is 0. The van der Waals surface area contributed by atoms with Crippen LogP contribution in [-0.2, 0) is 18.8 Å². The Morgan fingerprint density at radius 2 is 1.26 bits per heavy atom. The zero-order valence-corrected chi connectivity index (χ0v) is 11.7. The zero-order valence-electron chi connectivity index (χ0n) is 11.7. The minimum atomic E-state index is -4.84. The van der Waals surface area contributed by atoms with Gasteiger partial charge in [-0.2, -0.15) is 26.3 Å². The largest absolute Gasteiger partial charge is 0.493 e. The molecule has 23 heavy (non-hydrogen) atoms. The third-order valence-corrected chi connectivity index (χ3v) is 3.05. The van der Waals surface area contributed by atoms with E-state index in [1.807, 2.05) is 0 Å².